The maximum absolute atomic E-state index is 15.0. The standard InChI is InChI=1S/C39H51F2N7O9S/c1-39(2,3)35(30-15-24(26-16-25(40)9-10-27(26)41)20-47(30)19-23-7-5-4-6-8-23)48(33(51)21-49)14-11-28(42)36(54)45-13-12-44-32(50)18-46-37(55)31(17-34(52)53)58-22-29(43)38(56)57/h4-10,15-16,20,28-29,31,35,49H,11-14,17-19,21-22,42-43H2,1-3H3,(H,44,50)(H,45,54)(H,46,55)(H,52,53)(H,56,57)/t28-,29-,31+,35?/m0/s1. The molecule has 0 saturated carbocycles. The summed E-state index contributed by atoms with van der Waals surface area (Å²) < 4.78 is 31.2. The van der Waals surface area contributed by atoms with E-state index < -0.39 is 95.6 Å². The smallest absolute Gasteiger partial charge is 0.321 e. The average molecular weight is 832 g/mol. The average Bonchev–Trinajstić information content (AvgIpc) is 3.57. The quantitative estimate of drug-likeness (QED) is 0.0670. The number of aliphatic carboxylic acids is 2. The van der Waals surface area contributed by atoms with Gasteiger partial charge in [0.25, 0.3) is 0 Å². The van der Waals surface area contributed by atoms with Crippen LogP contribution in [0.1, 0.15) is 50.9 Å². The Kier molecular flexibility index (Phi) is 17.8. The first-order chi connectivity index (χ1) is 27.3. The summed E-state index contributed by atoms with van der Waals surface area (Å²) in [5.74, 6) is -6.82. The van der Waals surface area contributed by atoms with Gasteiger partial charge in [-0.15, -0.1) is 11.8 Å². The van der Waals surface area contributed by atoms with Crippen LogP contribution in [0.2, 0.25) is 0 Å². The zero-order valence-corrected chi connectivity index (χ0v) is 33.3. The number of nitrogens with one attached hydrogen (secondary N) is 3. The number of carboxylic acid groups (broad SMARTS) is 2. The number of hydrogen-bond acceptors (Lipinski definition) is 10. The van der Waals surface area contributed by atoms with Crippen LogP contribution in [0.25, 0.3) is 11.1 Å². The minimum Gasteiger partial charge on any atom is -0.481 e. The SMILES string of the molecule is CC(C)(C)C(c1cc(-c2cc(F)ccc2F)cn1Cc1ccccc1)N(CC[C@H](N)C(=O)NCCNC(=O)CNC(=O)[C@@H](CC(=O)O)SC[C@H](N)C(=O)O)C(=O)CO. The maximum atomic E-state index is 15.0. The molecule has 0 saturated heterocycles. The van der Waals surface area contributed by atoms with Gasteiger partial charge in [-0.3, -0.25) is 28.8 Å². The van der Waals surface area contributed by atoms with Crippen molar-refractivity contribution in [1.29, 1.82) is 0 Å². The van der Waals surface area contributed by atoms with Gasteiger partial charge in [-0.2, -0.15) is 0 Å². The summed E-state index contributed by atoms with van der Waals surface area (Å²) in [6.45, 7) is 4.40. The lowest BCUT2D eigenvalue weighted by Gasteiger charge is -2.41. The Labute approximate surface area is 338 Å². The van der Waals surface area contributed by atoms with Crippen LogP contribution in [0.15, 0.2) is 60.8 Å². The second-order valence-electron chi connectivity index (χ2n) is 14.5. The molecule has 2 aromatic carbocycles. The van der Waals surface area contributed by atoms with E-state index in [1.54, 1.807) is 12.3 Å². The largest absolute Gasteiger partial charge is 0.481 e. The molecule has 4 amide bonds. The number of benzene rings is 2. The van der Waals surface area contributed by atoms with Crippen LogP contribution in [-0.2, 0) is 35.3 Å². The van der Waals surface area contributed by atoms with E-state index in [2.05, 4.69) is 16.0 Å². The van der Waals surface area contributed by atoms with Crippen molar-refractivity contribution in [2.24, 2.45) is 16.9 Å². The molecule has 0 fully saturated rings. The van der Waals surface area contributed by atoms with Gasteiger partial charge in [0.1, 0.15) is 24.3 Å². The van der Waals surface area contributed by atoms with Crippen LogP contribution < -0.4 is 27.4 Å². The molecule has 10 N–H and O–H groups in total. The minimum absolute atomic E-state index is 0.0273. The number of aromatic nitrogens is 1. The zero-order chi connectivity index (χ0) is 43.2. The fourth-order valence-corrected chi connectivity index (χ4v) is 7.13. The van der Waals surface area contributed by atoms with Crippen molar-refractivity contribution in [1.82, 2.24) is 25.4 Å². The molecule has 1 heterocycles. The van der Waals surface area contributed by atoms with Gasteiger partial charge in [-0.05, 0) is 41.7 Å². The molecule has 4 atom stereocenters. The van der Waals surface area contributed by atoms with Crippen molar-refractivity contribution in [2.45, 2.75) is 63.5 Å². The van der Waals surface area contributed by atoms with E-state index in [1.807, 2.05) is 55.7 Å². The first kappa shape index (κ1) is 47.0. The zero-order valence-electron chi connectivity index (χ0n) is 32.5. The van der Waals surface area contributed by atoms with Gasteiger partial charge >= 0.3 is 11.9 Å². The molecule has 3 aromatic rings. The van der Waals surface area contributed by atoms with Crippen molar-refractivity contribution < 1.29 is 52.9 Å². The van der Waals surface area contributed by atoms with Crippen LogP contribution in [-0.4, -0.2) is 116 Å². The number of nitrogens with zero attached hydrogens (tertiary/aromatic N) is 2. The van der Waals surface area contributed by atoms with E-state index in [4.69, 9.17) is 21.7 Å². The van der Waals surface area contributed by atoms with E-state index in [1.165, 1.54) is 4.90 Å². The van der Waals surface area contributed by atoms with Gasteiger partial charge in [-0.25, -0.2) is 8.78 Å². The summed E-state index contributed by atoms with van der Waals surface area (Å²) in [7, 11) is 0. The lowest BCUT2D eigenvalue weighted by Crippen LogP contribution is -2.48. The van der Waals surface area contributed by atoms with E-state index in [0.717, 1.165) is 35.5 Å². The summed E-state index contributed by atoms with van der Waals surface area (Å²) in [4.78, 5) is 74.7. The molecule has 0 aliphatic rings. The summed E-state index contributed by atoms with van der Waals surface area (Å²) in [6, 6.07) is 11.0. The number of halogens is 2. The minimum atomic E-state index is -1.32. The Morgan fingerprint density at radius 2 is 1.57 bits per heavy atom. The third-order valence-electron chi connectivity index (χ3n) is 8.87. The van der Waals surface area contributed by atoms with Crippen molar-refractivity contribution in [2.75, 3.05) is 38.5 Å². The number of thioether (sulfide) groups is 1. The van der Waals surface area contributed by atoms with Crippen molar-refractivity contribution in [3.63, 3.8) is 0 Å². The van der Waals surface area contributed by atoms with Gasteiger partial charge in [0.05, 0.1) is 30.3 Å². The molecule has 1 unspecified atom stereocenters. The summed E-state index contributed by atoms with van der Waals surface area (Å²) in [5.41, 5.74) is 12.8. The second-order valence-corrected chi connectivity index (χ2v) is 15.8. The molecule has 1 aromatic heterocycles. The number of aliphatic hydroxyl groups excluding tert-OH is 1. The molecule has 0 aliphatic carbocycles. The molecule has 3 rings (SSSR count). The summed E-state index contributed by atoms with van der Waals surface area (Å²) in [5, 5.41) is 34.3. The number of nitrogens with two attached hydrogens (primary N) is 2. The highest BCUT2D eigenvalue weighted by molar-refractivity contribution is 8.00. The third-order valence-corrected chi connectivity index (χ3v) is 10.2. The predicted molar refractivity (Wildman–Crippen MR) is 212 cm³/mol. The number of carboxylic acids is 2. The lowest BCUT2D eigenvalue weighted by molar-refractivity contribution is -0.140. The first-order valence-corrected chi connectivity index (χ1v) is 19.4. The van der Waals surface area contributed by atoms with E-state index in [-0.39, 0.29) is 37.4 Å². The van der Waals surface area contributed by atoms with Gasteiger partial charge in [0.15, 0.2) is 0 Å². The highest BCUT2D eigenvalue weighted by atomic mass is 32.2. The molecular formula is C39H51F2N7O9S. The van der Waals surface area contributed by atoms with Crippen molar-refractivity contribution in [3.8, 4) is 11.1 Å². The van der Waals surface area contributed by atoms with Crippen LogP contribution >= 0.6 is 11.8 Å². The number of rotatable bonds is 22. The molecule has 0 aliphatic heterocycles. The Hall–Kier alpha value is -5.37. The summed E-state index contributed by atoms with van der Waals surface area (Å²) in [6.07, 6.45) is 1.02. The molecule has 19 heteroatoms. The Morgan fingerprint density at radius 1 is 0.897 bits per heavy atom. The molecule has 0 bridgehead atoms. The molecule has 58 heavy (non-hydrogen) atoms. The normalized spacial score (nSPS) is 13.4. The van der Waals surface area contributed by atoms with Crippen LogP contribution in [0.4, 0.5) is 8.78 Å². The fourth-order valence-electron chi connectivity index (χ4n) is 6.05. The van der Waals surface area contributed by atoms with Crippen molar-refractivity contribution in [3.05, 3.63) is 83.7 Å². The van der Waals surface area contributed by atoms with E-state index in [9.17, 15) is 38.3 Å². The fraction of sp³-hybridized carbons (Fsp3) is 0.436. The lowest BCUT2D eigenvalue weighted by atomic mass is 9.82. The number of aliphatic hydroxyl groups is 1. The predicted octanol–water partition coefficient (Wildman–Crippen LogP) is 1.44. The van der Waals surface area contributed by atoms with E-state index >= 15 is 4.39 Å². The monoisotopic (exact) mass is 831 g/mol. The number of carbonyl (C=O) groups excluding carboxylic acids is 4. The number of amides is 4. The second kappa shape index (κ2) is 22.0. The molecular weight excluding hydrogens is 781 g/mol. The highest BCUT2D eigenvalue weighted by Crippen LogP contribution is 2.41. The maximum Gasteiger partial charge on any atom is 0.321 e. The van der Waals surface area contributed by atoms with Crippen LogP contribution in [0.3, 0.4) is 0 Å². The number of hydrogen-bond donors (Lipinski definition) is 8. The molecule has 0 spiro atoms. The Bertz CT molecular complexity index is 1910. The Balaban J connectivity index is 1.67. The van der Waals surface area contributed by atoms with Gasteiger partial charge < -0.3 is 52.2 Å². The van der Waals surface area contributed by atoms with Gasteiger partial charge in [0.2, 0.25) is 23.6 Å². The highest BCUT2D eigenvalue weighted by Gasteiger charge is 2.37. The van der Waals surface area contributed by atoms with Gasteiger partial charge in [0, 0.05) is 54.9 Å². The van der Waals surface area contributed by atoms with Crippen LogP contribution in [0, 0.1) is 17.0 Å². The number of carbonyl (C=O) groups is 6. The topological polar surface area (TPSA) is 259 Å². The molecule has 316 valence electrons. The third kappa shape index (κ3) is 14.2. The van der Waals surface area contributed by atoms with Gasteiger partial charge in [-0.1, -0.05) is 51.1 Å². The van der Waals surface area contributed by atoms with Crippen molar-refractivity contribution >= 4 is 47.3 Å². The van der Waals surface area contributed by atoms with Crippen LogP contribution in [0.5, 0.6) is 0 Å². The Morgan fingerprint density at radius 3 is 2.19 bits per heavy atom. The first-order valence-electron chi connectivity index (χ1n) is 18.3. The van der Waals surface area contributed by atoms with E-state index in [0.29, 0.717) is 17.8 Å². The molecule has 0 radical (unpaired) electrons. The summed E-state index contributed by atoms with van der Waals surface area (Å²) >= 11 is 0.736. The molecule has 16 nitrogen and oxygen atoms in total.